The summed E-state index contributed by atoms with van der Waals surface area (Å²) in [6, 6.07) is 3.71. The van der Waals surface area contributed by atoms with Gasteiger partial charge in [-0.3, -0.25) is 0 Å². The van der Waals surface area contributed by atoms with E-state index in [1.807, 2.05) is 39.8 Å². The molecule has 0 spiro atoms. The largest absolute Gasteiger partial charge is 0.499 e. The van der Waals surface area contributed by atoms with E-state index in [1.165, 1.54) is 32.4 Å². The van der Waals surface area contributed by atoms with Gasteiger partial charge in [-0.15, -0.1) is 0 Å². The summed E-state index contributed by atoms with van der Waals surface area (Å²) in [6.45, 7) is 16.4. The lowest BCUT2D eigenvalue weighted by Gasteiger charge is -2.14. The van der Waals surface area contributed by atoms with Gasteiger partial charge in [0.25, 0.3) is 0 Å². The van der Waals surface area contributed by atoms with Gasteiger partial charge in [0.15, 0.2) is 5.65 Å². The molecule has 9 heteroatoms. The number of pyridine rings is 1. The molecule has 208 valence electrons. The van der Waals surface area contributed by atoms with Crippen LogP contribution in [0.2, 0.25) is 0 Å². The third-order valence-electron chi connectivity index (χ3n) is 5.88. The zero-order valence-corrected chi connectivity index (χ0v) is 23.7. The van der Waals surface area contributed by atoms with Crippen LogP contribution >= 0.6 is 0 Å². The molecular formula is C29H45N7O2. The zero-order valence-electron chi connectivity index (χ0n) is 23.7. The highest BCUT2D eigenvalue weighted by Gasteiger charge is 2.18. The Hall–Kier alpha value is -3.59. The predicted molar refractivity (Wildman–Crippen MR) is 157 cm³/mol. The Morgan fingerprint density at radius 3 is 2.34 bits per heavy atom. The quantitative estimate of drug-likeness (QED) is 0.240. The standard InChI is InChI=1S/C19H22N6O.C5H11N.C5H10O.H2/c1-5-14(11(2)8-15(20)13-9-21-12(3)22-10-13)18-23-16-6-7-17(26-4)24-19(16)25-18;1-2-4-6-5-3-1;1-4-6-5(2)3;/h5-7,9-11,20H,8H2,1-4H3,(H,23,24,25);6H,1-5H2;2,4H2,1,3H3;1H/b14-5+,20-15?;;;. The Bertz CT molecular complexity index is 1180. The number of aryl methyl sites for hydroxylation is 1. The number of aromatic amines is 1. The van der Waals surface area contributed by atoms with Crippen molar-refractivity contribution >= 4 is 22.4 Å². The zero-order chi connectivity index (χ0) is 27.9. The Morgan fingerprint density at radius 2 is 1.87 bits per heavy atom. The summed E-state index contributed by atoms with van der Waals surface area (Å²) in [4.78, 5) is 20.6. The smallest absolute Gasteiger partial charge is 0.215 e. The fourth-order valence-corrected chi connectivity index (χ4v) is 3.91. The van der Waals surface area contributed by atoms with E-state index in [-0.39, 0.29) is 7.34 Å². The fourth-order valence-electron chi connectivity index (χ4n) is 3.91. The van der Waals surface area contributed by atoms with Gasteiger partial charge in [-0.25, -0.2) is 15.0 Å². The molecule has 1 saturated heterocycles. The third-order valence-corrected chi connectivity index (χ3v) is 5.88. The Balaban J connectivity index is 0.000000485. The average Bonchev–Trinajstić information content (AvgIpc) is 3.33. The van der Waals surface area contributed by atoms with Crippen LogP contribution < -0.4 is 10.1 Å². The van der Waals surface area contributed by atoms with E-state index in [2.05, 4.69) is 43.7 Å². The number of imidazole rings is 1. The first-order valence-corrected chi connectivity index (χ1v) is 13.2. The topological polar surface area (TPSA) is 122 Å². The molecule has 3 aromatic heterocycles. The Kier molecular flexibility index (Phi) is 13.1. The minimum atomic E-state index is 0. The molecule has 3 N–H and O–H groups in total. The SMILES string of the molecule is C/C=C(/c1nc2nc(OC)ccc2[nH]1)C(C)CC(=N)c1cnc(C)nc1.C1CCNCC1.C=C(C)OCC.[HH]. The number of rotatable bonds is 8. The van der Waals surface area contributed by atoms with Crippen molar-refractivity contribution in [3.63, 3.8) is 0 Å². The van der Waals surface area contributed by atoms with E-state index in [4.69, 9.17) is 14.9 Å². The first-order chi connectivity index (χ1) is 18.3. The molecule has 1 atom stereocenters. The van der Waals surface area contributed by atoms with Gasteiger partial charge in [0.1, 0.15) is 11.6 Å². The van der Waals surface area contributed by atoms with Crippen molar-refractivity contribution < 1.29 is 10.9 Å². The number of allylic oxidation sites excluding steroid dienone is 3. The van der Waals surface area contributed by atoms with Crippen molar-refractivity contribution in [3.05, 3.63) is 60.2 Å². The van der Waals surface area contributed by atoms with E-state index >= 15 is 0 Å². The van der Waals surface area contributed by atoms with Crippen LogP contribution in [0.5, 0.6) is 5.88 Å². The van der Waals surface area contributed by atoms with Crippen LogP contribution in [0.1, 0.15) is 72.0 Å². The molecule has 0 bridgehead atoms. The summed E-state index contributed by atoms with van der Waals surface area (Å²) in [7, 11) is 1.58. The summed E-state index contributed by atoms with van der Waals surface area (Å²) in [5.41, 5.74) is 3.77. The Morgan fingerprint density at radius 1 is 1.18 bits per heavy atom. The molecule has 0 radical (unpaired) electrons. The fraction of sp³-hybridized carbons (Fsp3) is 0.483. The number of ether oxygens (including phenoxy) is 2. The third kappa shape index (κ3) is 10.0. The number of hydrogen-bond acceptors (Lipinski definition) is 8. The first-order valence-electron chi connectivity index (χ1n) is 13.2. The highest BCUT2D eigenvalue weighted by Crippen LogP contribution is 2.27. The molecule has 4 heterocycles. The summed E-state index contributed by atoms with van der Waals surface area (Å²) in [5, 5.41) is 11.6. The van der Waals surface area contributed by atoms with Crippen LogP contribution in [-0.2, 0) is 4.74 Å². The number of H-pyrrole nitrogens is 1. The lowest BCUT2D eigenvalue weighted by molar-refractivity contribution is 0.233. The minimum Gasteiger partial charge on any atom is -0.499 e. The second kappa shape index (κ2) is 16.3. The molecule has 9 nitrogen and oxygen atoms in total. The monoisotopic (exact) mass is 523 g/mol. The van der Waals surface area contributed by atoms with Crippen LogP contribution in [0, 0.1) is 18.3 Å². The van der Waals surface area contributed by atoms with Crippen molar-refractivity contribution in [2.75, 3.05) is 26.8 Å². The number of hydrogen-bond donors (Lipinski definition) is 3. The highest BCUT2D eigenvalue weighted by molar-refractivity contribution is 5.98. The lowest BCUT2D eigenvalue weighted by atomic mass is 9.92. The Labute approximate surface area is 228 Å². The van der Waals surface area contributed by atoms with Gasteiger partial charge >= 0.3 is 0 Å². The van der Waals surface area contributed by atoms with Gasteiger partial charge in [0.05, 0.1) is 25.0 Å². The van der Waals surface area contributed by atoms with Crippen LogP contribution in [0.3, 0.4) is 0 Å². The van der Waals surface area contributed by atoms with Crippen LogP contribution in [0.4, 0.5) is 0 Å². The van der Waals surface area contributed by atoms with Crippen LogP contribution in [0.15, 0.2) is 42.9 Å². The first kappa shape index (κ1) is 30.6. The van der Waals surface area contributed by atoms with Crippen molar-refractivity contribution in [1.82, 2.24) is 30.2 Å². The number of aromatic nitrogens is 5. The van der Waals surface area contributed by atoms with Crippen LogP contribution in [-0.4, -0.2) is 57.4 Å². The van der Waals surface area contributed by atoms with E-state index in [0.717, 1.165) is 34.8 Å². The molecule has 0 amide bonds. The second-order valence-corrected chi connectivity index (χ2v) is 9.10. The number of nitrogens with one attached hydrogen (secondary N) is 3. The molecule has 1 aliphatic heterocycles. The van der Waals surface area contributed by atoms with E-state index in [9.17, 15) is 0 Å². The highest BCUT2D eigenvalue weighted by atomic mass is 16.5. The van der Waals surface area contributed by atoms with E-state index < -0.39 is 0 Å². The summed E-state index contributed by atoms with van der Waals surface area (Å²) in [5.74, 6) is 2.90. The molecule has 0 aromatic carbocycles. The average molecular weight is 524 g/mol. The molecule has 1 fully saturated rings. The van der Waals surface area contributed by atoms with Gasteiger partial charge < -0.3 is 25.2 Å². The summed E-state index contributed by atoms with van der Waals surface area (Å²) < 4.78 is 10.0. The van der Waals surface area contributed by atoms with Crippen LogP contribution in [0.25, 0.3) is 16.7 Å². The molecule has 3 aromatic rings. The molecule has 38 heavy (non-hydrogen) atoms. The van der Waals surface area contributed by atoms with Crippen molar-refractivity contribution in [3.8, 4) is 5.88 Å². The van der Waals surface area contributed by atoms with Crippen molar-refractivity contribution in [1.29, 1.82) is 5.41 Å². The lowest BCUT2D eigenvalue weighted by Crippen LogP contribution is -2.21. The predicted octanol–water partition coefficient (Wildman–Crippen LogP) is 6.12. The summed E-state index contributed by atoms with van der Waals surface area (Å²) in [6.07, 6.45) is 10.2. The van der Waals surface area contributed by atoms with Gasteiger partial charge in [-0.05, 0) is 77.6 Å². The number of methoxy groups -OCH3 is 1. The maximum absolute atomic E-state index is 8.36. The van der Waals surface area contributed by atoms with Gasteiger partial charge in [-0.2, -0.15) is 4.98 Å². The van der Waals surface area contributed by atoms with E-state index in [0.29, 0.717) is 29.5 Å². The molecule has 0 saturated carbocycles. The van der Waals surface area contributed by atoms with Crippen molar-refractivity contribution in [2.24, 2.45) is 5.92 Å². The molecule has 1 aliphatic rings. The van der Waals surface area contributed by atoms with Gasteiger partial charge in [0.2, 0.25) is 5.88 Å². The minimum absolute atomic E-state index is 0. The normalized spacial score (nSPS) is 13.9. The number of nitrogens with zero attached hydrogens (tertiary/aromatic N) is 4. The van der Waals surface area contributed by atoms with Gasteiger partial charge in [0, 0.05) is 31.2 Å². The molecule has 1 unspecified atom stereocenters. The summed E-state index contributed by atoms with van der Waals surface area (Å²) >= 11 is 0. The second-order valence-electron chi connectivity index (χ2n) is 9.10. The molecular weight excluding hydrogens is 478 g/mol. The maximum atomic E-state index is 8.36. The van der Waals surface area contributed by atoms with Gasteiger partial charge in [-0.1, -0.05) is 26.0 Å². The molecule has 4 rings (SSSR count). The maximum Gasteiger partial charge on any atom is 0.215 e. The number of piperidine rings is 1. The molecule has 0 aliphatic carbocycles. The van der Waals surface area contributed by atoms with Crippen molar-refractivity contribution in [2.45, 2.75) is 60.3 Å². The van der Waals surface area contributed by atoms with E-state index in [1.54, 1.807) is 25.6 Å². The number of fused-ring (bicyclic) bond motifs is 1.